The summed E-state index contributed by atoms with van der Waals surface area (Å²) in [5, 5.41) is 10.2. The Morgan fingerprint density at radius 3 is 2.63 bits per heavy atom. The van der Waals surface area contributed by atoms with E-state index < -0.39 is 0 Å². The summed E-state index contributed by atoms with van der Waals surface area (Å²) in [6.07, 6.45) is 8.31. The lowest BCUT2D eigenvalue weighted by molar-refractivity contribution is 0.111. The number of aldehydes is 1. The van der Waals surface area contributed by atoms with E-state index in [1.807, 2.05) is 36.4 Å². The molecule has 0 bridgehead atoms. The molecule has 30 heavy (non-hydrogen) atoms. The molecule has 0 atom stereocenters. The van der Waals surface area contributed by atoms with Crippen LogP contribution in [0.3, 0.4) is 0 Å². The molecule has 0 saturated heterocycles. The average molecular weight is 415 g/mol. The van der Waals surface area contributed by atoms with Crippen LogP contribution in [0.2, 0.25) is 5.02 Å². The van der Waals surface area contributed by atoms with Crippen LogP contribution < -0.4 is 4.74 Å². The van der Waals surface area contributed by atoms with Crippen LogP contribution >= 0.6 is 11.6 Å². The van der Waals surface area contributed by atoms with Gasteiger partial charge in [-0.05, 0) is 54.2 Å². The molecule has 1 aromatic heterocycles. The lowest BCUT2D eigenvalue weighted by atomic mass is 9.99. The highest BCUT2D eigenvalue weighted by atomic mass is 35.5. The van der Waals surface area contributed by atoms with Gasteiger partial charge in [0.05, 0.1) is 23.4 Å². The van der Waals surface area contributed by atoms with Gasteiger partial charge in [-0.15, -0.1) is 0 Å². The highest BCUT2D eigenvalue weighted by Gasteiger charge is 2.22. The fourth-order valence-electron chi connectivity index (χ4n) is 3.17. The molecule has 4 rings (SSSR count). The molecule has 4 nitrogen and oxygen atoms in total. The number of hydrogen-bond acceptors (Lipinski definition) is 4. The van der Waals surface area contributed by atoms with Gasteiger partial charge in [0.15, 0.2) is 6.29 Å². The number of pyridine rings is 1. The van der Waals surface area contributed by atoms with Crippen molar-refractivity contribution < 1.29 is 9.53 Å². The minimum Gasteiger partial charge on any atom is -0.493 e. The van der Waals surface area contributed by atoms with Crippen molar-refractivity contribution in [1.82, 2.24) is 4.98 Å². The van der Waals surface area contributed by atoms with Crippen molar-refractivity contribution in [2.45, 2.75) is 12.8 Å². The van der Waals surface area contributed by atoms with Gasteiger partial charge in [-0.2, -0.15) is 5.26 Å². The van der Waals surface area contributed by atoms with E-state index in [4.69, 9.17) is 16.3 Å². The number of aromatic nitrogens is 1. The highest BCUT2D eigenvalue weighted by Crippen LogP contribution is 2.33. The van der Waals surface area contributed by atoms with E-state index in [0.717, 1.165) is 30.3 Å². The third-order valence-corrected chi connectivity index (χ3v) is 5.35. The zero-order valence-corrected chi connectivity index (χ0v) is 17.0. The van der Waals surface area contributed by atoms with Crippen molar-refractivity contribution >= 4 is 30.0 Å². The third kappa shape index (κ3) is 4.42. The van der Waals surface area contributed by atoms with Gasteiger partial charge < -0.3 is 4.74 Å². The van der Waals surface area contributed by atoms with E-state index in [0.29, 0.717) is 45.7 Å². The van der Waals surface area contributed by atoms with Gasteiger partial charge in [0, 0.05) is 16.8 Å². The molecule has 2 aromatic carbocycles. The second-order valence-electron chi connectivity index (χ2n) is 7.21. The first-order valence-electron chi connectivity index (χ1n) is 9.73. The second kappa shape index (κ2) is 8.94. The predicted molar refractivity (Wildman–Crippen MR) is 118 cm³/mol. The first kappa shape index (κ1) is 19.9. The SMILES string of the molecule is N#Cc1c(-c2ccccc2)ccnc1/C=C/c1cc(OCC2CC2)c(C=O)cc1Cl. The third-order valence-electron chi connectivity index (χ3n) is 5.03. The van der Waals surface area contributed by atoms with E-state index in [1.165, 1.54) is 0 Å². The number of hydrogen-bond donors (Lipinski definition) is 0. The molecule has 1 aliphatic rings. The van der Waals surface area contributed by atoms with Crippen LogP contribution in [-0.2, 0) is 0 Å². The number of carbonyl (C=O) groups is 1. The van der Waals surface area contributed by atoms with Crippen LogP contribution in [0.25, 0.3) is 23.3 Å². The van der Waals surface area contributed by atoms with Crippen molar-refractivity contribution in [3.63, 3.8) is 0 Å². The number of nitrogens with zero attached hydrogens (tertiary/aromatic N) is 2. The summed E-state index contributed by atoms with van der Waals surface area (Å²) in [4.78, 5) is 15.7. The Morgan fingerprint density at radius 2 is 1.93 bits per heavy atom. The Morgan fingerprint density at radius 1 is 1.13 bits per heavy atom. The lowest BCUT2D eigenvalue weighted by Crippen LogP contribution is -2.02. The average Bonchev–Trinajstić information content (AvgIpc) is 3.62. The van der Waals surface area contributed by atoms with Gasteiger partial charge in [-0.25, -0.2) is 0 Å². The molecule has 148 valence electrons. The monoisotopic (exact) mass is 414 g/mol. The van der Waals surface area contributed by atoms with E-state index in [-0.39, 0.29) is 0 Å². The topological polar surface area (TPSA) is 63.0 Å². The predicted octanol–water partition coefficient (Wildman–Crippen LogP) is 6.05. The molecule has 0 aliphatic heterocycles. The molecular formula is C25H19ClN2O2. The number of ether oxygens (including phenoxy) is 1. The molecule has 0 radical (unpaired) electrons. The molecule has 3 aromatic rings. The first-order chi connectivity index (χ1) is 14.7. The number of rotatable bonds is 7. The van der Waals surface area contributed by atoms with E-state index in [1.54, 1.807) is 30.5 Å². The normalized spacial score (nSPS) is 13.2. The highest BCUT2D eigenvalue weighted by molar-refractivity contribution is 6.32. The minimum atomic E-state index is 0.430. The van der Waals surface area contributed by atoms with Crippen molar-refractivity contribution in [3.8, 4) is 22.9 Å². The number of carbonyl (C=O) groups excluding carboxylic acids is 1. The quantitative estimate of drug-likeness (QED) is 0.442. The molecule has 1 saturated carbocycles. The molecule has 0 unspecified atom stereocenters. The standard InChI is InChI=1S/C25H19ClN2O2/c26-23-12-20(15-29)25(30-16-17-6-7-17)13-19(23)8-9-24-22(14-27)21(10-11-28-24)18-4-2-1-3-5-18/h1-5,8-13,15,17H,6-7,16H2/b9-8+. The van der Waals surface area contributed by atoms with Crippen LogP contribution in [0.5, 0.6) is 5.75 Å². The lowest BCUT2D eigenvalue weighted by Gasteiger charge is -2.10. The fourth-order valence-corrected chi connectivity index (χ4v) is 3.41. The largest absolute Gasteiger partial charge is 0.493 e. The van der Waals surface area contributed by atoms with E-state index in [2.05, 4.69) is 11.1 Å². The van der Waals surface area contributed by atoms with Gasteiger partial charge in [0.2, 0.25) is 0 Å². The van der Waals surface area contributed by atoms with Crippen LogP contribution in [0.4, 0.5) is 0 Å². The van der Waals surface area contributed by atoms with Crippen molar-refractivity contribution in [3.05, 3.63) is 82.1 Å². The number of benzene rings is 2. The maximum absolute atomic E-state index is 11.4. The van der Waals surface area contributed by atoms with Crippen LogP contribution in [0.1, 0.15) is 40.0 Å². The molecule has 0 spiro atoms. The summed E-state index contributed by atoms with van der Waals surface area (Å²) in [5.74, 6) is 1.09. The fraction of sp³-hybridized carbons (Fsp3) is 0.160. The molecule has 0 amide bonds. The van der Waals surface area contributed by atoms with Gasteiger partial charge >= 0.3 is 0 Å². The molecule has 1 fully saturated rings. The first-order valence-corrected chi connectivity index (χ1v) is 10.1. The summed E-state index contributed by atoms with van der Waals surface area (Å²) < 4.78 is 5.83. The minimum absolute atomic E-state index is 0.430. The van der Waals surface area contributed by atoms with Crippen molar-refractivity contribution in [2.75, 3.05) is 6.61 Å². The van der Waals surface area contributed by atoms with Crippen LogP contribution in [0.15, 0.2) is 54.7 Å². The van der Waals surface area contributed by atoms with Gasteiger partial charge in [-0.3, -0.25) is 9.78 Å². The van der Waals surface area contributed by atoms with Crippen molar-refractivity contribution in [1.29, 1.82) is 5.26 Å². The Bertz CT molecular complexity index is 1150. The molecule has 1 heterocycles. The van der Waals surface area contributed by atoms with Gasteiger partial charge in [0.25, 0.3) is 0 Å². The van der Waals surface area contributed by atoms with Crippen molar-refractivity contribution in [2.24, 2.45) is 5.92 Å². The Kier molecular flexibility index (Phi) is 5.92. The smallest absolute Gasteiger partial charge is 0.153 e. The number of halogens is 1. The Balaban J connectivity index is 1.67. The van der Waals surface area contributed by atoms with Gasteiger partial charge in [0.1, 0.15) is 11.8 Å². The maximum Gasteiger partial charge on any atom is 0.153 e. The number of nitriles is 1. The summed E-state index contributed by atoms with van der Waals surface area (Å²) in [6, 6.07) is 17.2. The van der Waals surface area contributed by atoms with Crippen LogP contribution in [-0.4, -0.2) is 17.9 Å². The summed E-state index contributed by atoms with van der Waals surface area (Å²) >= 11 is 6.37. The Hall–Kier alpha value is -3.42. The summed E-state index contributed by atoms with van der Waals surface area (Å²) in [6.45, 7) is 0.602. The van der Waals surface area contributed by atoms with E-state index >= 15 is 0 Å². The second-order valence-corrected chi connectivity index (χ2v) is 7.62. The van der Waals surface area contributed by atoms with Gasteiger partial charge in [-0.1, -0.05) is 48.0 Å². The molecule has 5 heteroatoms. The summed E-state index contributed by atoms with van der Waals surface area (Å²) in [5.41, 5.74) is 3.95. The zero-order chi connectivity index (χ0) is 20.9. The Labute approximate surface area is 180 Å². The molecule has 1 aliphatic carbocycles. The molecular weight excluding hydrogens is 396 g/mol. The summed E-state index contributed by atoms with van der Waals surface area (Å²) in [7, 11) is 0. The molecule has 0 N–H and O–H groups in total. The zero-order valence-electron chi connectivity index (χ0n) is 16.2. The van der Waals surface area contributed by atoms with Crippen LogP contribution in [0, 0.1) is 17.2 Å². The van der Waals surface area contributed by atoms with E-state index in [9.17, 15) is 10.1 Å². The maximum atomic E-state index is 11.4.